The lowest BCUT2D eigenvalue weighted by Crippen LogP contribution is -2.28. The molecule has 2 aliphatic rings. The number of fused-ring (bicyclic) bond motifs is 2. The van der Waals surface area contributed by atoms with Crippen LogP contribution in [0.25, 0.3) is 0 Å². The molecule has 0 saturated carbocycles. The van der Waals surface area contributed by atoms with Gasteiger partial charge in [-0.25, -0.2) is 0 Å². The Balaban J connectivity index is 0.000000255. The van der Waals surface area contributed by atoms with Crippen molar-refractivity contribution in [1.29, 1.82) is 0 Å². The third-order valence-corrected chi connectivity index (χ3v) is 6.04. The van der Waals surface area contributed by atoms with E-state index >= 15 is 0 Å². The van der Waals surface area contributed by atoms with Crippen molar-refractivity contribution in [1.82, 2.24) is 0 Å². The summed E-state index contributed by atoms with van der Waals surface area (Å²) in [6.07, 6.45) is -1.11. The molecule has 12 heteroatoms. The van der Waals surface area contributed by atoms with Crippen LogP contribution in [-0.2, 0) is 23.6 Å². The summed E-state index contributed by atoms with van der Waals surface area (Å²) in [5, 5.41) is 28.4. The highest BCUT2D eigenvalue weighted by atomic mass is 16.6. The van der Waals surface area contributed by atoms with Crippen molar-refractivity contribution in [2.24, 2.45) is 0 Å². The largest absolute Gasteiger partial charge is 0.497 e. The van der Waals surface area contributed by atoms with E-state index in [2.05, 4.69) is 0 Å². The highest BCUT2D eigenvalue weighted by molar-refractivity contribution is 6.62. The maximum Gasteiger partial charge on any atom is 0.492 e. The maximum absolute atomic E-state index is 11.5. The fourth-order valence-electron chi connectivity index (χ4n) is 4.53. The second-order valence-corrected chi connectivity index (χ2v) is 8.46. The third-order valence-electron chi connectivity index (χ3n) is 6.04. The van der Waals surface area contributed by atoms with Crippen molar-refractivity contribution in [3.05, 3.63) is 46.5 Å². The molecule has 0 bridgehead atoms. The van der Waals surface area contributed by atoms with Crippen molar-refractivity contribution in [2.45, 2.75) is 53.2 Å². The first-order chi connectivity index (χ1) is 17.1. The maximum atomic E-state index is 11.5. The Kier molecular flexibility index (Phi) is 10.6. The van der Waals surface area contributed by atoms with E-state index in [1.807, 2.05) is 19.9 Å². The summed E-state index contributed by atoms with van der Waals surface area (Å²) in [5.41, 5.74) is 4.64. The summed E-state index contributed by atoms with van der Waals surface area (Å²) < 4.78 is 25.9. The van der Waals surface area contributed by atoms with Crippen molar-refractivity contribution < 1.29 is 48.3 Å². The van der Waals surface area contributed by atoms with Crippen LogP contribution in [0, 0.1) is 13.8 Å². The summed E-state index contributed by atoms with van der Waals surface area (Å²) in [6, 6.07) is 7.07. The number of hydrogen-bond acceptors (Lipinski definition) is 9. The Labute approximate surface area is 217 Å². The molecule has 2 aromatic rings. The van der Waals surface area contributed by atoms with Crippen LogP contribution in [0.1, 0.15) is 61.7 Å². The molecular formula is C25H34B2O10. The summed E-state index contributed by atoms with van der Waals surface area (Å²) in [6.45, 7) is 5.84. The molecule has 0 aromatic heterocycles. The Morgan fingerprint density at radius 1 is 0.865 bits per heavy atom. The van der Waals surface area contributed by atoms with Gasteiger partial charge in [0.25, 0.3) is 0 Å². The van der Waals surface area contributed by atoms with Crippen LogP contribution < -0.4 is 20.4 Å². The second-order valence-electron chi connectivity index (χ2n) is 8.46. The Hall–Kier alpha value is -3.05. The number of benzene rings is 2. The Morgan fingerprint density at radius 2 is 1.30 bits per heavy atom. The van der Waals surface area contributed by atoms with Crippen LogP contribution in [0.2, 0.25) is 0 Å². The SMILES string of the molecule is C.CCOC(=O)C[C@H]1OB(O)c2cc(OC)cc(C)c21.COc1cc(C)c2c(c1)B(O)O[C@@H]2CC(=O)O. The smallest absolute Gasteiger partial charge is 0.492 e. The van der Waals surface area contributed by atoms with Gasteiger partial charge in [-0.3, -0.25) is 9.59 Å². The molecule has 0 fully saturated rings. The standard InChI is InChI=1S/C13H17BO5.C11H13BO5.CH4/c1-4-18-12(15)7-11-13-8(2)5-9(17-3)6-10(13)14(16)19-11;1-6-3-7(16-2)4-8-11(6)9(5-10(13)14)17-12(8)15;/h5-6,11,16H,4,7H2,1-3H3;3-4,9,15H,5H2,1-2H3,(H,13,14);1H4/t11-;9-;/m11./s1. The number of rotatable bonds is 7. The van der Waals surface area contributed by atoms with Crippen molar-refractivity contribution in [3.8, 4) is 11.5 Å². The molecule has 2 heterocycles. The molecule has 3 N–H and O–H groups in total. The van der Waals surface area contributed by atoms with Gasteiger partial charge in [0.2, 0.25) is 0 Å². The van der Waals surface area contributed by atoms with Gasteiger partial charge in [-0.15, -0.1) is 0 Å². The first-order valence-electron chi connectivity index (χ1n) is 11.5. The number of aliphatic carboxylic acids is 1. The average molecular weight is 516 g/mol. The zero-order valence-electron chi connectivity index (χ0n) is 20.9. The Morgan fingerprint density at radius 3 is 1.68 bits per heavy atom. The second kappa shape index (κ2) is 13.0. The zero-order valence-corrected chi connectivity index (χ0v) is 20.9. The minimum atomic E-state index is -1.08. The number of carbonyl (C=O) groups is 2. The minimum Gasteiger partial charge on any atom is -0.497 e. The highest BCUT2D eigenvalue weighted by Gasteiger charge is 2.39. The molecule has 0 unspecified atom stereocenters. The fraction of sp³-hybridized carbons (Fsp3) is 0.440. The van der Waals surface area contributed by atoms with E-state index in [-0.39, 0.29) is 26.2 Å². The van der Waals surface area contributed by atoms with Crippen LogP contribution >= 0.6 is 0 Å². The van der Waals surface area contributed by atoms with Crippen LogP contribution in [0.15, 0.2) is 24.3 Å². The molecule has 0 aliphatic carbocycles. The van der Waals surface area contributed by atoms with E-state index in [1.54, 1.807) is 32.2 Å². The molecule has 200 valence electrons. The number of methoxy groups -OCH3 is 2. The van der Waals surface area contributed by atoms with Crippen molar-refractivity contribution >= 4 is 37.1 Å². The number of ether oxygens (including phenoxy) is 3. The third kappa shape index (κ3) is 6.84. The number of aryl methyl sites for hydroxylation is 2. The van der Waals surface area contributed by atoms with Gasteiger partial charge in [0.05, 0.1) is 45.9 Å². The van der Waals surface area contributed by atoms with Crippen LogP contribution in [0.4, 0.5) is 0 Å². The molecule has 4 rings (SSSR count). The van der Waals surface area contributed by atoms with E-state index in [9.17, 15) is 19.6 Å². The first-order valence-corrected chi connectivity index (χ1v) is 11.5. The van der Waals surface area contributed by atoms with Gasteiger partial charge in [-0.2, -0.15) is 0 Å². The lowest BCUT2D eigenvalue weighted by molar-refractivity contribution is -0.145. The van der Waals surface area contributed by atoms with E-state index < -0.39 is 32.4 Å². The molecule has 0 saturated heterocycles. The van der Waals surface area contributed by atoms with Crippen LogP contribution in [-0.4, -0.2) is 62.2 Å². The lowest BCUT2D eigenvalue weighted by atomic mass is 9.77. The van der Waals surface area contributed by atoms with Crippen molar-refractivity contribution in [2.75, 3.05) is 20.8 Å². The topological polar surface area (TPSA) is 141 Å². The summed E-state index contributed by atoms with van der Waals surface area (Å²) in [7, 11) is 1.00. The van der Waals surface area contributed by atoms with Gasteiger partial charge >= 0.3 is 26.2 Å². The van der Waals surface area contributed by atoms with Gasteiger partial charge < -0.3 is 38.7 Å². The molecular weight excluding hydrogens is 482 g/mol. The first kappa shape index (κ1) is 30.2. The molecule has 37 heavy (non-hydrogen) atoms. The summed E-state index contributed by atoms with van der Waals surface area (Å²) in [5.74, 6) is 0.00333. The predicted molar refractivity (Wildman–Crippen MR) is 139 cm³/mol. The minimum absolute atomic E-state index is 0. The number of esters is 1. The summed E-state index contributed by atoms with van der Waals surface area (Å²) >= 11 is 0. The summed E-state index contributed by atoms with van der Waals surface area (Å²) in [4.78, 5) is 22.3. The van der Waals surface area contributed by atoms with Crippen molar-refractivity contribution in [3.63, 3.8) is 0 Å². The van der Waals surface area contributed by atoms with E-state index in [4.69, 9.17) is 28.6 Å². The van der Waals surface area contributed by atoms with Gasteiger partial charge in [0.15, 0.2) is 0 Å². The zero-order chi connectivity index (χ0) is 26.6. The highest BCUT2D eigenvalue weighted by Crippen LogP contribution is 2.33. The number of carboxylic acids is 1. The number of carbonyl (C=O) groups excluding carboxylic acids is 1. The average Bonchev–Trinajstić information content (AvgIpc) is 3.30. The van der Waals surface area contributed by atoms with E-state index in [1.165, 1.54) is 7.11 Å². The lowest BCUT2D eigenvalue weighted by Gasteiger charge is -2.14. The predicted octanol–water partition coefficient (Wildman–Crippen LogP) is 1.59. The molecule has 0 spiro atoms. The molecule has 0 amide bonds. The quantitative estimate of drug-likeness (QED) is 0.367. The normalized spacial score (nSPS) is 17.2. The van der Waals surface area contributed by atoms with Crippen LogP contribution in [0.5, 0.6) is 11.5 Å². The number of hydrogen-bond donors (Lipinski definition) is 3. The monoisotopic (exact) mass is 516 g/mol. The van der Waals surface area contributed by atoms with E-state index in [0.29, 0.717) is 29.0 Å². The number of carboxylic acid groups (broad SMARTS) is 1. The molecule has 2 aromatic carbocycles. The fourth-order valence-corrected chi connectivity index (χ4v) is 4.53. The van der Waals surface area contributed by atoms with E-state index in [0.717, 1.165) is 22.3 Å². The van der Waals surface area contributed by atoms with Crippen LogP contribution in [0.3, 0.4) is 0 Å². The van der Waals surface area contributed by atoms with Gasteiger partial charge in [0.1, 0.15) is 11.5 Å². The Bertz CT molecular complexity index is 1120. The van der Waals surface area contributed by atoms with Gasteiger partial charge in [-0.05, 0) is 78.2 Å². The molecule has 0 radical (unpaired) electrons. The molecule has 2 atom stereocenters. The molecule has 10 nitrogen and oxygen atoms in total. The molecule has 2 aliphatic heterocycles. The van der Waals surface area contributed by atoms with Gasteiger partial charge in [0, 0.05) is 0 Å². The van der Waals surface area contributed by atoms with Gasteiger partial charge in [-0.1, -0.05) is 7.43 Å².